The molecule has 1 aromatic heterocycles. The smallest absolute Gasteiger partial charge is 0.347 e. The van der Waals surface area contributed by atoms with Gasteiger partial charge in [-0.3, -0.25) is 0 Å². The van der Waals surface area contributed by atoms with E-state index >= 15 is 0 Å². The molecule has 0 aliphatic rings. The van der Waals surface area contributed by atoms with E-state index in [0.717, 1.165) is 20.6 Å². The van der Waals surface area contributed by atoms with Gasteiger partial charge in [0.1, 0.15) is 9.88 Å². The molecular weight excluding hydrogens is 314 g/mol. The van der Waals surface area contributed by atoms with Crippen molar-refractivity contribution in [3.63, 3.8) is 0 Å². The molecule has 0 saturated carbocycles. The molecule has 1 aromatic carbocycles. The van der Waals surface area contributed by atoms with Crippen molar-refractivity contribution in [2.75, 3.05) is 0 Å². The highest BCUT2D eigenvalue weighted by Gasteiger charge is 2.17. The minimum atomic E-state index is -0.898. The van der Waals surface area contributed by atoms with Crippen LogP contribution in [0.25, 0.3) is 10.6 Å². The van der Waals surface area contributed by atoms with Crippen LogP contribution in [0.3, 0.4) is 0 Å². The number of nitrogens with zero attached hydrogens (tertiary/aromatic N) is 1. The Balaban J connectivity index is 2.54. The first-order valence-electron chi connectivity index (χ1n) is 5.52. The van der Waals surface area contributed by atoms with Crippen LogP contribution in [-0.4, -0.2) is 16.1 Å². The number of thiazole rings is 1. The summed E-state index contributed by atoms with van der Waals surface area (Å²) in [4.78, 5) is 15.9. The number of aromatic carboxylic acids is 1. The monoisotopic (exact) mass is 325 g/mol. The number of rotatable bonds is 3. The maximum Gasteiger partial charge on any atom is 0.347 e. The average Bonchev–Trinajstić information content (AvgIpc) is 2.73. The number of hydrogen-bond acceptors (Lipinski definition) is 3. The van der Waals surface area contributed by atoms with Crippen molar-refractivity contribution < 1.29 is 9.90 Å². The second kappa shape index (κ2) is 5.20. The fraction of sp³-hybridized carbons (Fsp3) is 0.231. The van der Waals surface area contributed by atoms with Gasteiger partial charge in [-0.25, -0.2) is 9.78 Å². The lowest BCUT2D eigenvalue weighted by Crippen LogP contribution is -1.97. The lowest BCUT2D eigenvalue weighted by molar-refractivity contribution is 0.0701. The average molecular weight is 326 g/mol. The zero-order chi connectivity index (χ0) is 13.3. The molecule has 3 nitrogen and oxygen atoms in total. The second-order valence-corrected chi connectivity index (χ2v) is 5.83. The highest BCUT2D eigenvalue weighted by Crippen LogP contribution is 2.31. The number of benzene rings is 1. The first-order valence-corrected chi connectivity index (χ1v) is 7.13. The van der Waals surface area contributed by atoms with Gasteiger partial charge in [0, 0.05) is 10.0 Å². The third-order valence-corrected chi connectivity index (χ3v) is 4.26. The van der Waals surface area contributed by atoms with Crippen LogP contribution in [0.4, 0.5) is 0 Å². The van der Waals surface area contributed by atoms with Crippen molar-refractivity contribution in [2.45, 2.75) is 20.3 Å². The van der Waals surface area contributed by atoms with Crippen molar-refractivity contribution in [1.82, 2.24) is 4.98 Å². The van der Waals surface area contributed by atoms with E-state index in [-0.39, 0.29) is 0 Å². The van der Waals surface area contributed by atoms with Gasteiger partial charge in [0.05, 0.1) is 5.69 Å². The second-order valence-electron chi connectivity index (χ2n) is 3.91. The zero-order valence-electron chi connectivity index (χ0n) is 10.0. The molecule has 94 valence electrons. The maximum atomic E-state index is 11.1. The largest absolute Gasteiger partial charge is 0.477 e. The summed E-state index contributed by atoms with van der Waals surface area (Å²) in [5, 5.41) is 9.91. The minimum Gasteiger partial charge on any atom is -0.477 e. The van der Waals surface area contributed by atoms with Crippen molar-refractivity contribution in [2.24, 2.45) is 0 Å². The molecule has 0 saturated heterocycles. The number of hydrogen-bond donors (Lipinski definition) is 1. The van der Waals surface area contributed by atoms with Gasteiger partial charge in [0.2, 0.25) is 0 Å². The molecule has 0 amide bonds. The molecule has 0 radical (unpaired) electrons. The topological polar surface area (TPSA) is 50.2 Å². The van der Waals surface area contributed by atoms with Crippen LogP contribution >= 0.6 is 27.3 Å². The summed E-state index contributed by atoms with van der Waals surface area (Å²) < 4.78 is 1.01. The lowest BCUT2D eigenvalue weighted by Gasteiger charge is -2.02. The number of halogens is 1. The summed E-state index contributed by atoms with van der Waals surface area (Å²) in [5.41, 5.74) is 2.73. The number of carbonyl (C=O) groups is 1. The van der Waals surface area contributed by atoms with E-state index in [0.29, 0.717) is 17.0 Å². The Morgan fingerprint density at radius 2 is 2.22 bits per heavy atom. The van der Waals surface area contributed by atoms with Crippen LogP contribution in [-0.2, 0) is 6.42 Å². The van der Waals surface area contributed by atoms with Gasteiger partial charge in [0.15, 0.2) is 0 Å². The van der Waals surface area contributed by atoms with E-state index in [4.69, 9.17) is 5.11 Å². The van der Waals surface area contributed by atoms with Gasteiger partial charge in [-0.2, -0.15) is 0 Å². The van der Waals surface area contributed by atoms with Crippen LogP contribution in [0.5, 0.6) is 0 Å². The number of aryl methyl sites for hydroxylation is 2. The highest BCUT2D eigenvalue weighted by molar-refractivity contribution is 9.10. The molecule has 0 atom stereocenters. The van der Waals surface area contributed by atoms with E-state index in [2.05, 4.69) is 20.9 Å². The van der Waals surface area contributed by atoms with Crippen LogP contribution < -0.4 is 0 Å². The molecule has 0 bridgehead atoms. The lowest BCUT2D eigenvalue weighted by atomic mass is 10.1. The van der Waals surface area contributed by atoms with Gasteiger partial charge in [0.25, 0.3) is 0 Å². The van der Waals surface area contributed by atoms with Gasteiger partial charge < -0.3 is 5.11 Å². The molecule has 18 heavy (non-hydrogen) atoms. The van der Waals surface area contributed by atoms with Crippen molar-refractivity contribution in [1.29, 1.82) is 0 Å². The predicted molar refractivity (Wildman–Crippen MR) is 76.3 cm³/mol. The zero-order valence-corrected chi connectivity index (χ0v) is 12.4. The van der Waals surface area contributed by atoms with Crippen LogP contribution in [0, 0.1) is 6.92 Å². The summed E-state index contributed by atoms with van der Waals surface area (Å²) in [5.74, 6) is -0.898. The van der Waals surface area contributed by atoms with Gasteiger partial charge >= 0.3 is 5.97 Å². The quantitative estimate of drug-likeness (QED) is 0.922. The standard InChI is InChI=1S/C13H12BrNO2S/c1-3-10-11(13(16)17)18-12(15-10)9-5-4-8(14)6-7(9)2/h4-6H,3H2,1-2H3,(H,16,17). The number of carboxylic acids is 1. The fourth-order valence-electron chi connectivity index (χ4n) is 1.74. The summed E-state index contributed by atoms with van der Waals surface area (Å²) in [7, 11) is 0. The van der Waals surface area contributed by atoms with Crippen LogP contribution in [0.1, 0.15) is 27.9 Å². The van der Waals surface area contributed by atoms with Gasteiger partial charge in [-0.05, 0) is 31.0 Å². The van der Waals surface area contributed by atoms with E-state index in [9.17, 15) is 4.79 Å². The molecular formula is C13H12BrNO2S. The van der Waals surface area contributed by atoms with E-state index < -0.39 is 5.97 Å². The summed E-state index contributed by atoms with van der Waals surface area (Å²) in [6, 6.07) is 5.90. The first kappa shape index (κ1) is 13.2. The van der Waals surface area contributed by atoms with Gasteiger partial charge in [-0.1, -0.05) is 28.9 Å². The molecule has 1 N–H and O–H groups in total. The normalized spacial score (nSPS) is 10.6. The molecule has 5 heteroatoms. The Morgan fingerprint density at radius 1 is 1.50 bits per heavy atom. The third kappa shape index (κ3) is 2.47. The highest BCUT2D eigenvalue weighted by atomic mass is 79.9. The SMILES string of the molecule is CCc1nc(-c2ccc(Br)cc2C)sc1C(=O)O. The Labute approximate surface area is 118 Å². The molecule has 1 heterocycles. The number of aromatic nitrogens is 1. The Bertz CT molecular complexity index is 607. The van der Waals surface area contributed by atoms with E-state index in [1.165, 1.54) is 11.3 Å². The van der Waals surface area contributed by atoms with Gasteiger partial charge in [-0.15, -0.1) is 11.3 Å². The molecule has 0 spiro atoms. The van der Waals surface area contributed by atoms with Crippen molar-refractivity contribution in [3.05, 3.63) is 38.8 Å². The molecule has 0 aliphatic carbocycles. The van der Waals surface area contributed by atoms with Crippen LogP contribution in [0.15, 0.2) is 22.7 Å². The summed E-state index contributed by atoms with van der Waals surface area (Å²) >= 11 is 4.65. The molecule has 0 fully saturated rings. The number of carboxylic acid groups (broad SMARTS) is 1. The van der Waals surface area contributed by atoms with E-state index in [1.54, 1.807) is 0 Å². The molecule has 0 unspecified atom stereocenters. The Kier molecular flexibility index (Phi) is 3.82. The summed E-state index contributed by atoms with van der Waals surface area (Å²) in [6.45, 7) is 3.91. The Hall–Kier alpha value is -1.20. The molecule has 2 rings (SSSR count). The van der Waals surface area contributed by atoms with E-state index in [1.807, 2.05) is 32.0 Å². The first-order chi connectivity index (χ1) is 8.52. The minimum absolute atomic E-state index is 0.342. The predicted octanol–water partition coefficient (Wildman–Crippen LogP) is 4.14. The molecule has 2 aromatic rings. The summed E-state index contributed by atoms with van der Waals surface area (Å²) in [6.07, 6.45) is 0.633. The van der Waals surface area contributed by atoms with Crippen molar-refractivity contribution >= 4 is 33.2 Å². The Morgan fingerprint density at radius 3 is 2.72 bits per heavy atom. The third-order valence-electron chi connectivity index (χ3n) is 2.65. The maximum absolute atomic E-state index is 11.1. The molecule has 0 aliphatic heterocycles. The van der Waals surface area contributed by atoms with Crippen molar-refractivity contribution in [3.8, 4) is 10.6 Å². The van der Waals surface area contributed by atoms with Crippen LogP contribution in [0.2, 0.25) is 0 Å². The fourth-order valence-corrected chi connectivity index (χ4v) is 3.30.